The summed E-state index contributed by atoms with van der Waals surface area (Å²) in [6.45, 7) is 17.7. The molecule has 5 N–H and O–H groups in total. The van der Waals surface area contributed by atoms with Gasteiger partial charge in [-0.15, -0.1) is 0 Å². The van der Waals surface area contributed by atoms with E-state index in [2.05, 4.69) is 5.16 Å². The van der Waals surface area contributed by atoms with Gasteiger partial charge in [-0.25, -0.2) is 0 Å². The highest BCUT2D eigenvalue weighted by atomic mass is 16.7. The van der Waals surface area contributed by atoms with Crippen molar-refractivity contribution in [1.29, 1.82) is 0 Å². The molecule has 15 nitrogen and oxygen atoms in total. The number of methoxy groups -OCH3 is 1. The largest absolute Gasteiger partial charge is 0.459 e. The molecule has 0 saturated carbocycles. The van der Waals surface area contributed by atoms with E-state index in [1.165, 1.54) is 6.92 Å². The molecule has 4 aliphatic heterocycles. The molecule has 4 rings (SSSR count). The molecule has 4 saturated heterocycles. The van der Waals surface area contributed by atoms with E-state index in [1.807, 2.05) is 39.8 Å². The summed E-state index contributed by atoms with van der Waals surface area (Å²) in [6, 6.07) is -0.308. The van der Waals surface area contributed by atoms with Crippen molar-refractivity contribution in [3.8, 4) is 0 Å². The van der Waals surface area contributed by atoms with Gasteiger partial charge in [-0.2, -0.15) is 0 Å². The van der Waals surface area contributed by atoms with Crippen LogP contribution in [0.5, 0.6) is 0 Å². The van der Waals surface area contributed by atoms with Gasteiger partial charge in [0.15, 0.2) is 12.6 Å². The fourth-order valence-electron chi connectivity index (χ4n) is 9.28. The lowest BCUT2D eigenvalue weighted by Crippen LogP contribution is -2.62. The lowest BCUT2D eigenvalue weighted by Gasteiger charge is -2.49. The van der Waals surface area contributed by atoms with Crippen molar-refractivity contribution in [3.63, 3.8) is 0 Å². The fourth-order valence-corrected chi connectivity index (χ4v) is 9.28. The Bertz CT molecular complexity index is 1280. The van der Waals surface area contributed by atoms with Crippen molar-refractivity contribution >= 4 is 11.7 Å². The van der Waals surface area contributed by atoms with Crippen LogP contribution < -0.4 is 0 Å². The second kappa shape index (κ2) is 16.5. The van der Waals surface area contributed by atoms with Gasteiger partial charge in [-0.3, -0.25) is 4.79 Å². The molecule has 4 aliphatic rings. The summed E-state index contributed by atoms with van der Waals surface area (Å²) in [5, 5.41) is 61.1. The van der Waals surface area contributed by atoms with Gasteiger partial charge in [0.25, 0.3) is 0 Å². The van der Waals surface area contributed by atoms with Gasteiger partial charge in [0.1, 0.15) is 29.0 Å². The number of carbonyl (C=O) groups excluding carboxylic acids is 1. The zero-order valence-corrected chi connectivity index (χ0v) is 34.0. The van der Waals surface area contributed by atoms with E-state index in [4.69, 9.17) is 33.2 Å². The van der Waals surface area contributed by atoms with E-state index in [0.29, 0.717) is 13.0 Å². The van der Waals surface area contributed by atoms with E-state index in [0.717, 1.165) is 0 Å². The summed E-state index contributed by atoms with van der Waals surface area (Å²) in [5.41, 5.74) is -5.00. The summed E-state index contributed by atoms with van der Waals surface area (Å²) in [5.74, 6) is -4.10. The standard InChI is InChI=1S/C38H68N2O13/c1-14-26-37(10,45)31(42)21(4)28(39-46)19(2)16-35(8,44)32(53-34-29(41)25(40(11)12)15-20(3)49-34)22(5)30(23(6)33(43)51-26)52-27-17-36(9,47-13)38(18-48-38)24(7)50-27/h19-27,29-32,34,41-42,44-46H,14-18H2,1-13H3/b39-28+/t19-,20-,21+,22+,23-,24+,25+,26-,27+,29-,30+,31-,32-,34+,35-,36-,37-,38+/m1/s1. The Kier molecular flexibility index (Phi) is 13.8. The van der Waals surface area contributed by atoms with Gasteiger partial charge in [0.05, 0.1) is 54.4 Å². The van der Waals surface area contributed by atoms with Crippen molar-refractivity contribution < 1.29 is 63.6 Å². The van der Waals surface area contributed by atoms with Gasteiger partial charge in [0, 0.05) is 37.3 Å². The molecular formula is C38H68N2O13. The summed E-state index contributed by atoms with van der Waals surface area (Å²) in [6.07, 6.45) is -7.78. The van der Waals surface area contributed by atoms with Crippen LogP contribution in [0.15, 0.2) is 5.16 Å². The van der Waals surface area contributed by atoms with Crippen molar-refractivity contribution in [2.45, 2.75) is 179 Å². The third kappa shape index (κ3) is 8.60. The van der Waals surface area contributed by atoms with E-state index in [-0.39, 0.29) is 37.1 Å². The predicted molar refractivity (Wildman–Crippen MR) is 193 cm³/mol. The van der Waals surface area contributed by atoms with Crippen molar-refractivity contribution in [2.24, 2.45) is 28.8 Å². The lowest BCUT2D eigenvalue weighted by molar-refractivity contribution is -0.315. The van der Waals surface area contributed by atoms with Crippen LogP contribution in [0.4, 0.5) is 0 Å². The molecule has 0 radical (unpaired) electrons. The number of hydrogen-bond acceptors (Lipinski definition) is 15. The van der Waals surface area contributed by atoms with Crippen LogP contribution in [-0.2, 0) is 38.0 Å². The van der Waals surface area contributed by atoms with E-state index < -0.39 is 101 Å². The molecule has 0 amide bonds. The second-order valence-corrected chi connectivity index (χ2v) is 17.2. The third-order valence-electron chi connectivity index (χ3n) is 12.9. The Labute approximate surface area is 315 Å². The topological polar surface area (TPSA) is 202 Å². The van der Waals surface area contributed by atoms with Gasteiger partial charge in [-0.05, 0) is 74.9 Å². The average molecular weight is 761 g/mol. The zero-order valence-electron chi connectivity index (χ0n) is 34.0. The molecular weight excluding hydrogens is 692 g/mol. The number of nitrogens with zero attached hydrogens (tertiary/aromatic N) is 2. The highest BCUT2D eigenvalue weighted by Gasteiger charge is 2.67. The number of rotatable bonds is 7. The van der Waals surface area contributed by atoms with Crippen molar-refractivity contribution in [3.05, 3.63) is 0 Å². The summed E-state index contributed by atoms with van der Waals surface area (Å²) >= 11 is 0. The van der Waals surface area contributed by atoms with Gasteiger partial charge >= 0.3 is 5.97 Å². The minimum absolute atomic E-state index is 0.0442. The highest BCUT2D eigenvalue weighted by molar-refractivity contribution is 5.88. The van der Waals surface area contributed by atoms with Gasteiger partial charge < -0.3 is 63.7 Å². The summed E-state index contributed by atoms with van der Waals surface area (Å²) in [4.78, 5) is 16.1. The molecule has 1 spiro atoms. The zero-order chi connectivity index (χ0) is 40.0. The minimum atomic E-state index is -1.95. The number of hydrogen-bond donors (Lipinski definition) is 5. The Morgan fingerprint density at radius 3 is 2.11 bits per heavy atom. The van der Waals surface area contributed by atoms with Gasteiger partial charge in [0.2, 0.25) is 0 Å². The molecule has 0 unspecified atom stereocenters. The van der Waals surface area contributed by atoms with Crippen molar-refractivity contribution in [1.82, 2.24) is 4.90 Å². The van der Waals surface area contributed by atoms with Crippen LogP contribution in [0, 0.1) is 23.7 Å². The second-order valence-electron chi connectivity index (χ2n) is 17.2. The van der Waals surface area contributed by atoms with E-state index in [1.54, 1.807) is 48.7 Å². The number of esters is 1. The number of aliphatic hydroxyl groups excluding tert-OH is 2. The molecule has 4 heterocycles. The Morgan fingerprint density at radius 1 is 0.962 bits per heavy atom. The molecule has 0 aromatic carbocycles. The van der Waals surface area contributed by atoms with Crippen LogP contribution >= 0.6 is 0 Å². The monoisotopic (exact) mass is 760 g/mol. The smallest absolute Gasteiger partial charge is 0.311 e. The maximum absolute atomic E-state index is 14.2. The van der Waals surface area contributed by atoms with Crippen LogP contribution in [0.2, 0.25) is 0 Å². The summed E-state index contributed by atoms with van der Waals surface area (Å²) in [7, 11) is 5.34. The van der Waals surface area contributed by atoms with Crippen LogP contribution in [0.25, 0.3) is 0 Å². The minimum Gasteiger partial charge on any atom is -0.459 e. The maximum atomic E-state index is 14.2. The average Bonchev–Trinajstić information content (AvgIpc) is 3.90. The molecule has 0 bridgehead atoms. The lowest BCUT2D eigenvalue weighted by atomic mass is 9.73. The normalized spacial score (nSPS) is 51.3. The first-order valence-corrected chi connectivity index (χ1v) is 19.2. The van der Waals surface area contributed by atoms with Crippen molar-refractivity contribution in [2.75, 3.05) is 27.8 Å². The number of carbonyl (C=O) groups is 1. The first-order chi connectivity index (χ1) is 24.5. The molecule has 0 aromatic heterocycles. The molecule has 15 heteroatoms. The number of epoxide rings is 1. The van der Waals surface area contributed by atoms with Crippen LogP contribution in [-0.4, -0.2) is 154 Å². The molecule has 53 heavy (non-hydrogen) atoms. The van der Waals surface area contributed by atoms with Gasteiger partial charge in [-0.1, -0.05) is 32.9 Å². The number of likely N-dealkylation sites (N-methyl/N-ethyl adjacent to an activating group) is 1. The molecule has 4 fully saturated rings. The molecule has 0 aliphatic carbocycles. The molecule has 308 valence electrons. The number of aliphatic hydroxyl groups is 4. The SMILES string of the molecule is CC[C@H]1OC(=O)[C@H](C)[C@@H](O[C@H]2C[C@@](C)(OC)[C@]3(CO3)[C@H](C)O2)[C@H](C)[C@@H](O[C@@H]2O[C@H](C)C[C@H](N(C)C)[C@H]2O)[C@](C)(O)C[C@@H](C)/C(=N\O)[C@H](C)[C@@H](O)[C@]1(C)O. The first-order valence-electron chi connectivity index (χ1n) is 19.2. The number of oxime groups is 1. The van der Waals surface area contributed by atoms with E-state index in [9.17, 15) is 30.4 Å². The van der Waals surface area contributed by atoms with E-state index >= 15 is 0 Å². The predicted octanol–water partition coefficient (Wildman–Crippen LogP) is 2.45. The Hall–Kier alpha value is -1.50. The Balaban J connectivity index is 1.84. The third-order valence-corrected chi connectivity index (χ3v) is 12.9. The molecule has 0 aromatic rings. The number of cyclic esters (lactones) is 1. The highest BCUT2D eigenvalue weighted by Crippen LogP contribution is 2.51. The fraction of sp³-hybridized carbons (Fsp3) is 0.947. The maximum Gasteiger partial charge on any atom is 0.311 e. The quantitative estimate of drug-likeness (QED) is 0.110. The van der Waals surface area contributed by atoms with Crippen LogP contribution in [0.3, 0.4) is 0 Å². The Morgan fingerprint density at radius 2 is 1.58 bits per heavy atom. The van der Waals surface area contributed by atoms with Crippen LogP contribution in [0.1, 0.15) is 94.9 Å². The first kappa shape index (κ1) is 44.2. The molecule has 18 atom stereocenters. The number of ether oxygens (including phenoxy) is 7. The summed E-state index contributed by atoms with van der Waals surface area (Å²) < 4.78 is 43.9.